The van der Waals surface area contributed by atoms with Crippen molar-refractivity contribution in [3.63, 3.8) is 0 Å². The number of carbonyl (C=O) groups excluding carboxylic acids is 3. The number of nitrogens with two attached hydrogens (primary N) is 1. The van der Waals surface area contributed by atoms with E-state index in [1.165, 1.54) is 32.2 Å². The van der Waals surface area contributed by atoms with E-state index in [0.29, 0.717) is 16.3 Å². The fraction of sp³-hybridized carbons (Fsp3) is 0.286. The Bertz CT molecular complexity index is 938. The third kappa shape index (κ3) is 6.45. The molecule has 2 aromatic rings. The van der Waals surface area contributed by atoms with Crippen molar-refractivity contribution < 1.29 is 23.5 Å². The molecule has 0 saturated carbocycles. The van der Waals surface area contributed by atoms with Crippen LogP contribution in [0.2, 0.25) is 5.02 Å². The van der Waals surface area contributed by atoms with Crippen LogP contribution in [0, 0.1) is 5.82 Å². The number of hydrogen-bond donors (Lipinski definition) is 3. The first-order valence-corrected chi connectivity index (χ1v) is 9.51. The van der Waals surface area contributed by atoms with E-state index in [-0.39, 0.29) is 18.4 Å². The predicted octanol–water partition coefficient (Wildman–Crippen LogP) is 1.75. The number of nitrogens with one attached hydrogen (secondary N) is 2. The molecule has 2 aromatic carbocycles. The summed E-state index contributed by atoms with van der Waals surface area (Å²) in [5.74, 6) is -1.92. The Morgan fingerprint density at radius 1 is 1.10 bits per heavy atom. The van der Waals surface area contributed by atoms with Crippen LogP contribution in [-0.2, 0) is 27.2 Å². The van der Waals surface area contributed by atoms with E-state index in [1.807, 2.05) is 0 Å². The largest absolute Gasteiger partial charge is 0.495 e. The van der Waals surface area contributed by atoms with Crippen molar-refractivity contribution >= 4 is 29.3 Å². The van der Waals surface area contributed by atoms with E-state index in [9.17, 15) is 18.8 Å². The predicted molar refractivity (Wildman–Crippen MR) is 111 cm³/mol. The molecule has 4 N–H and O–H groups in total. The third-order valence-electron chi connectivity index (χ3n) is 4.39. The van der Waals surface area contributed by atoms with Crippen LogP contribution in [0.1, 0.15) is 18.1 Å². The molecule has 0 bridgehead atoms. The first-order chi connectivity index (χ1) is 14.2. The number of rotatable bonds is 9. The second kappa shape index (κ2) is 10.6. The zero-order valence-corrected chi connectivity index (χ0v) is 17.3. The van der Waals surface area contributed by atoms with Gasteiger partial charge in [-0.15, -0.1) is 0 Å². The molecule has 0 fully saturated rings. The van der Waals surface area contributed by atoms with E-state index in [0.717, 1.165) is 0 Å². The van der Waals surface area contributed by atoms with Crippen LogP contribution in [0.25, 0.3) is 0 Å². The second-order valence-corrected chi connectivity index (χ2v) is 7.09. The number of primary amides is 1. The SMILES string of the molecule is COc1ccc(C[C@H](NC(=O)[C@H](Cc2ccccc2F)NC(C)=O)C(N)=O)cc1Cl. The molecule has 0 saturated heterocycles. The van der Waals surface area contributed by atoms with Gasteiger partial charge in [0.15, 0.2) is 0 Å². The number of ether oxygens (including phenoxy) is 1. The number of methoxy groups -OCH3 is 1. The van der Waals surface area contributed by atoms with Crippen molar-refractivity contribution in [3.05, 3.63) is 64.4 Å². The molecule has 3 amide bonds. The Hall–Kier alpha value is -3.13. The van der Waals surface area contributed by atoms with Gasteiger partial charge in [0.25, 0.3) is 0 Å². The Morgan fingerprint density at radius 2 is 1.80 bits per heavy atom. The van der Waals surface area contributed by atoms with E-state index in [1.54, 1.807) is 24.3 Å². The summed E-state index contributed by atoms with van der Waals surface area (Å²) in [6.07, 6.45) is -0.00475. The van der Waals surface area contributed by atoms with E-state index >= 15 is 0 Å². The Labute approximate surface area is 178 Å². The first-order valence-electron chi connectivity index (χ1n) is 9.14. The van der Waals surface area contributed by atoms with Crippen LogP contribution in [-0.4, -0.2) is 36.9 Å². The van der Waals surface area contributed by atoms with Gasteiger partial charge in [-0.25, -0.2) is 4.39 Å². The summed E-state index contributed by atoms with van der Waals surface area (Å²) in [6.45, 7) is 1.24. The smallest absolute Gasteiger partial charge is 0.243 e. The van der Waals surface area contributed by atoms with Crippen LogP contribution in [0.4, 0.5) is 4.39 Å². The molecular formula is C21H23ClFN3O4. The highest BCUT2D eigenvalue weighted by molar-refractivity contribution is 6.32. The molecule has 9 heteroatoms. The molecule has 0 spiro atoms. The maximum Gasteiger partial charge on any atom is 0.243 e. The van der Waals surface area contributed by atoms with Gasteiger partial charge in [-0.3, -0.25) is 14.4 Å². The fourth-order valence-electron chi connectivity index (χ4n) is 2.91. The van der Waals surface area contributed by atoms with Crippen LogP contribution >= 0.6 is 11.6 Å². The first kappa shape index (κ1) is 23.2. The van der Waals surface area contributed by atoms with E-state index in [4.69, 9.17) is 22.1 Å². The molecule has 0 unspecified atom stereocenters. The molecule has 0 aliphatic carbocycles. The summed E-state index contributed by atoms with van der Waals surface area (Å²) in [4.78, 5) is 36.2. The normalized spacial score (nSPS) is 12.5. The van der Waals surface area contributed by atoms with Crippen molar-refractivity contribution in [3.8, 4) is 5.75 Å². The molecule has 2 rings (SSSR count). The van der Waals surface area contributed by atoms with Crippen molar-refractivity contribution in [2.24, 2.45) is 5.73 Å². The zero-order chi connectivity index (χ0) is 22.3. The average Bonchev–Trinajstić information content (AvgIpc) is 2.68. The maximum atomic E-state index is 14.0. The third-order valence-corrected chi connectivity index (χ3v) is 4.69. The lowest BCUT2D eigenvalue weighted by Gasteiger charge is -2.22. The van der Waals surface area contributed by atoms with E-state index < -0.39 is 35.6 Å². The molecule has 0 aliphatic heterocycles. The Kier molecular flexibility index (Phi) is 8.17. The minimum Gasteiger partial charge on any atom is -0.495 e. The highest BCUT2D eigenvalue weighted by atomic mass is 35.5. The van der Waals surface area contributed by atoms with Crippen LogP contribution in [0.5, 0.6) is 5.75 Å². The lowest BCUT2D eigenvalue weighted by molar-refractivity contribution is -0.130. The van der Waals surface area contributed by atoms with Gasteiger partial charge < -0.3 is 21.1 Å². The van der Waals surface area contributed by atoms with Crippen LogP contribution in [0.3, 0.4) is 0 Å². The Morgan fingerprint density at radius 3 is 2.37 bits per heavy atom. The zero-order valence-electron chi connectivity index (χ0n) is 16.6. The summed E-state index contributed by atoms with van der Waals surface area (Å²) in [5, 5.41) is 5.36. The van der Waals surface area contributed by atoms with Gasteiger partial charge in [-0.05, 0) is 29.3 Å². The average molecular weight is 436 g/mol. The highest BCUT2D eigenvalue weighted by Crippen LogP contribution is 2.25. The molecule has 0 heterocycles. The minimum absolute atomic E-state index is 0.0806. The number of carbonyl (C=O) groups is 3. The van der Waals surface area contributed by atoms with Crippen molar-refractivity contribution in [2.75, 3.05) is 7.11 Å². The van der Waals surface area contributed by atoms with Crippen molar-refractivity contribution in [1.29, 1.82) is 0 Å². The summed E-state index contributed by atoms with van der Waals surface area (Å²) in [6, 6.07) is 8.72. The molecule has 2 atom stereocenters. The van der Waals surface area contributed by atoms with Gasteiger partial charge >= 0.3 is 0 Å². The molecule has 0 aromatic heterocycles. The lowest BCUT2D eigenvalue weighted by atomic mass is 10.0. The second-order valence-electron chi connectivity index (χ2n) is 6.69. The minimum atomic E-state index is -1.08. The van der Waals surface area contributed by atoms with Crippen molar-refractivity contribution in [2.45, 2.75) is 31.8 Å². The molecule has 7 nitrogen and oxygen atoms in total. The standard InChI is InChI=1S/C21H23ClFN3O4/c1-12(27)25-18(11-14-5-3-4-6-16(14)23)21(29)26-17(20(24)28)10-13-7-8-19(30-2)15(22)9-13/h3-9,17-18H,10-11H2,1-2H3,(H2,24,28)(H,25,27)(H,26,29)/t17-,18-/m0/s1. The maximum absolute atomic E-state index is 14.0. The lowest BCUT2D eigenvalue weighted by Crippen LogP contribution is -2.54. The summed E-state index contributed by atoms with van der Waals surface area (Å²) < 4.78 is 19.1. The molecule has 30 heavy (non-hydrogen) atoms. The summed E-state index contributed by atoms with van der Waals surface area (Å²) >= 11 is 6.10. The number of halogens is 2. The molecule has 0 radical (unpaired) electrons. The number of hydrogen-bond acceptors (Lipinski definition) is 4. The van der Waals surface area contributed by atoms with Gasteiger partial charge in [-0.2, -0.15) is 0 Å². The number of amides is 3. The van der Waals surface area contributed by atoms with E-state index in [2.05, 4.69) is 10.6 Å². The van der Waals surface area contributed by atoms with Gasteiger partial charge in [-0.1, -0.05) is 35.9 Å². The molecular weight excluding hydrogens is 413 g/mol. The monoisotopic (exact) mass is 435 g/mol. The Balaban J connectivity index is 2.17. The molecule has 0 aliphatic rings. The number of benzene rings is 2. The summed E-state index contributed by atoms with van der Waals surface area (Å²) in [5.41, 5.74) is 6.35. The summed E-state index contributed by atoms with van der Waals surface area (Å²) in [7, 11) is 1.48. The van der Waals surface area contributed by atoms with Crippen LogP contribution in [0.15, 0.2) is 42.5 Å². The highest BCUT2D eigenvalue weighted by Gasteiger charge is 2.26. The van der Waals surface area contributed by atoms with Gasteiger partial charge in [0.2, 0.25) is 17.7 Å². The van der Waals surface area contributed by atoms with Gasteiger partial charge in [0.1, 0.15) is 23.7 Å². The molecule has 160 valence electrons. The van der Waals surface area contributed by atoms with Gasteiger partial charge in [0.05, 0.1) is 12.1 Å². The van der Waals surface area contributed by atoms with Crippen molar-refractivity contribution in [1.82, 2.24) is 10.6 Å². The quantitative estimate of drug-likeness (QED) is 0.557. The van der Waals surface area contributed by atoms with Crippen LogP contribution < -0.4 is 21.1 Å². The fourth-order valence-corrected chi connectivity index (χ4v) is 3.19. The topological polar surface area (TPSA) is 111 Å². The van der Waals surface area contributed by atoms with Gasteiger partial charge in [0, 0.05) is 19.8 Å².